The number of hydrogen-bond acceptors (Lipinski definition) is 4. The second-order valence-corrected chi connectivity index (χ2v) is 5.65. The Hall–Kier alpha value is -3.15. The van der Waals surface area contributed by atoms with E-state index in [4.69, 9.17) is 0 Å². The Labute approximate surface area is 140 Å². The normalized spacial score (nSPS) is 10.4. The molecule has 1 aromatic carbocycles. The minimum atomic E-state index is -0.156. The number of carbonyl (C=O) groups excluding carboxylic acids is 1. The Morgan fingerprint density at radius 2 is 2.08 bits per heavy atom. The van der Waals surface area contributed by atoms with Crippen molar-refractivity contribution in [3.8, 4) is 0 Å². The van der Waals surface area contributed by atoms with Gasteiger partial charge in [0, 0.05) is 37.7 Å². The first kappa shape index (κ1) is 15.7. The van der Waals surface area contributed by atoms with Gasteiger partial charge in [0.05, 0.1) is 24.1 Å². The smallest absolute Gasteiger partial charge is 0.255 e. The van der Waals surface area contributed by atoms with E-state index in [2.05, 4.69) is 15.4 Å². The Morgan fingerprint density at radius 1 is 1.21 bits per heavy atom. The van der Waals surface area contributed by atoms with E-state index in [-0.39, 0.29) is 5.91 Å². The molecule has 0 radical (unpaired) electrons. The topological polar surface area (TPSA) is 63.1 Å². The minimum absolute atomic E-state index is 0.156. The van der Waals surface area contributed by atoms with Gasteiger partial charge < -0.3 is 10.2 Å². The van der Waals surface area contributed by atoms with Gasteiger partial charge in [0.25, 0.3) is 5.91 Å². The summed E-state index contributed by atoms with van der Waals surface area (Å²) in [6.07, 6.45) is 5.18. The Kier molecular flexibility index (Phi) is 4.56. The van der Waals surface area contributed by atoms with E-state index in [0.717, 1.165) is 11.4 Å². The maximum absolute atomic E-state index is 12.4. The van der Waals surface area contributed by atoms with Crippen molar-refractivity contribution in [3.05, 3.63) is 72.3 Å². The average Bonchev–Trinajstić information content (AvgIpc) is 3.02. The lowest BCUT2D eigenvalue weighted by Crippen LogP contribution is -2.14. The molecular weight excluding hydrogens is 302 g/mol. The van der Waals surface area contributed by atoms with Crippen LogP contribution in [-0.4, -0.2) is 34.8 Å². The van der Waals surface area contributed by atoms with Crippen molar-refractivity contribution in [2.24, 2.45) is 0 Å². The summed E-state index contributed by atoms with van der Waals surface area (Å²) in [7, 11) is 3.89. The number of nitrogens with zero attached hydrogens (tertiary/aromatic N) is 4. The van der Waals surface area contributed by atoms with Gasteiger partial charge in [-0.3, -0.25) is 14.5 Å². The maximum Gasteiger partial charge on any atom is 0.255 e. The molecule has 0 saturated carbocycles. The van der Waals surface area contributed by atoms with E-state index in [1.165, 1.54) is 0 Å². The molecule has 3 rings (SSSR count). The van der Waals surface area contributed by atoms with Gasteiger partial charge in [0.1, 0.15) is 0 Å². The third-order valence-electron chi connectivity index (χ3n) is 3.57. The van der Waals surface area contributed by atoms with Gasteiger partial charge >= 0.3 is 0 Å². The van der Waals surface area contributed by atoms with Crippen LogP contribution in [0.4, 0.5) is 11.4 Å². The van der Waals surface area contributed by atoms with E-state index in [1.807, 2.05) is 55.4 Å². The van der Waals surface area contributed by atoms with Gasteiger partial charge in [-0.15, -0.1) is 0 Å². The zero-order valence-corrected chi connectivity index (χ0v) is 13.7. The predicted octanol–water partition coefficient (Wildman–Crippen LogP) is 2.64. The number of rotatable bonds is 5. The predicted molar refractivity (Wildman–Crippen MR) is 94.3 cm³/mol. The number of aromatic nitrogens is 3. The largest absolute Gasteiger partial charge is 0.378 e. The quantitative estimate of drug-likeness (QED) is 0.785. The van der Waals surface area contributed by atoms with Crippen LogP contribution in [0.5, 0.6) is 0 Å². The molecule has 6 nitrogen and oxygen atoms in total. The highest BCUT2D eigenvalue weighted by Crippen LogP contribution is 2.15. The Morgan fingerprint density at radius 3 is 2.83 bits per heavy atom. The summed E-state index contributed by atoms with van der Waals surface area (Å²) in [4.78, 5) is 18.6. The van der Waals surface area contributed by atoms with E-state index in [0.29, 0.717) is 17.8 Å². The number of benzene rings is 1. The van der Waals surface area contributed by atoms with Crippen molar-refractivity contribution in [1.29, 1.82) is 0 Å². The van der Waals surface area contributed by atoms with E-state index in [9.17, 15) is 4.79 Å². The molecule has 0 bridgehead atoms. The van der Waals surface area contributed by atoms with Crippen LogP contribution >= 0.6 is 0 Å². The van der Waals surface area contributed by atoms with Crippen LogP contribution in [0.25, 0.3) is 0 Å². The first-order valence-corrected chi connectivity index (χ1v) is 7.63. The molecule has 1 N–H and O–H groups in total. The molecule has 0 saturated heterocycles. The summed E-state index contributed by atoms with van der Waals surface area (Å²) in [5.41, 5.74) is 3.16. The van der Waals surface area contributed by atoms with Crippen molar-refractivity contribution in [2.45, 2.75) is 6.54 Å². The molecular formula is C18H19N5O. The number of hydrogen-bond donors (Lipinski definition) is 1. The summed E-state index contributed by atoms with van der Waals surface area (Å²) in [6.45, 7) is 0.562. The van der Waals surface area contributed by atoms with Gasteiger partial charge in [-0.25, -0.2) is 0 Å². The van der Waals surface area contributed by atoms with Crippen molar-refractivity contribution in [2.75, 3.05) is 24.3 Å². The Balaban J connectivity index is 1.68. The summed E-state index contributed by atoms with van der Waals surface area (Å²) in [5.74, 6) is -0.156. The Bertz CT molecular complexity index is 826. The van der Waals surface area contributed by atoms with Crippen LogP contribution in [0.15, 0.2) is 61.1 Å². The van der Waals surface area contributed by atoms with Crippen molar-refractivity contribution >= 4 is 17.3 Å². The van der Waals surface area contributed by atoms with Gasteiger partial charge in [0.15, 0.2) is 0 Å². The summed E-state index contributed by atoms with van der Waals surface area (Å²) < 4.78 is 1.74. The molecule has 0 aliphatic rings. The van der Waals surface area contributed by atoms with Crippen molar-refractivity contribution in [1.82, 2.24) is 14.8 Å². The molecule has 0 fully saturated rings. The lowest BCUT2D eigenvalue weighted by molar-refractivity contribution is 0.102. The van der Waals surface area contributed by atoms with Gasteiger partial charge in [0.2, 0.25) is 0 Å². The summed E-state index contributed by atoms with van der Waals surface area (Å²) in [6, 6.07) is 13.2. The second kappa shape index (κ2) is 6.95. The molecule has 2 heterocycles. The van der Waals surface area contributed by atoms with Crippen LogP contribution < -0.4 is 10.2 Å². The van der Waals surface area contributed by atoms with E-state index in [1.54, 1.807) is 29.3 Å². The molecule has 0 aliphatic heterocycles. The average molecular weight is 321 g/mol. The molecule has 3 aromatic rings. The lowest BCUT2D eigenvalue weighted by Gasteiger charge is -2.13. The highest BCUT2D eigenvalue weighted by molar-refractivity contribution is 6.04. The SMILES string of the molecule is CN(C)c1cccc(C(=O)Nc2cnn(Cc3ccccn3)c2)c1. The van der Waals surface area contributed by atoms with Crippen LogP contribution in [0.1, 0.15) is 16.1 Å². The van der Waals surface area contributed by atoms with Crippen molar-refractivity contribution < 1.29 is 4.79 Å². The van der Waals surface area contributed by atoms with Gasteiger partial charge in [-0.05, 0) is 30.3 Å². The van der Waals surface area contributed by atoms with E-state index < -0.39 is 0 Å². The highest BCUT2D eigenvalue weighted by Gasteiger charge is 2.09. The second-order valence-electron chi connectivity index (χ2n) is 5.65. The number of carbonyl (C=O) groups is 1. The fourth-order valence-electron chi connectivity index (χ4n) is 2.30. The minimum Gasteiger partial charge on any atom is -0.378 e. The van der Waals surface area contributed by atoms with Crippen LogP contribution in [0.2, 0.25) is 0 Å². The first-order valence-electron chi connectivity index (χ1n) is 7.63. The highest BCUT2D eigenvalue weighted by atomic mass is 16.1. The molecule has 122 valence electrons. The summed E-state index contributed by atoms with van der Waals surface area (Å²) >= 11 is 0. The van der Waals surface area contributed by atoms with Crippen LogP contribution in [0, 0.1) is 0 Å². The number of pyridine rings is 1. The zero-order valence-electron chi connectivity index (χ0n) is 13.7. The molecule has 6 heteroatoms. The first-order chi connectivity index (χ1) is 11.6. The molecule has 24 heavy (non-hydrogen) atoms. The fourth-order valence-corrected chi connectivity index (χ4v) is 2.30. The molecule has 0 spiro atoms. The maximum atomic E-state index is 12.4. The number of amides is 1. The zero-order chi connectivity index (χ0) is 16.9. The van der Waals surface area contributed by atoms with E-state index >= 15 is 0 Å². The van der Waals surface area contributed by atoms with Gasteiger partial charge in [-0.2, -0.15) is 5.10 Å². The molecule has 0 unspecified atom stereocenters. The third kappa shape index (κ3) is 3.78. The monoisotopic (exact) mass is 321 g/mol. The molecule has 1 amide bonds. The van der Waals surface area contributed by atoms with Crippen LogP contribution in [-0.2, 0) is 6.54 Å². The standard InChI is InChI=1S/C18H19N5O/c1-22(2)17-8-5-6-14(10-17)18(24)21-16-11-20-23(13-16)12-15-7-3-4-9-19-15/h3-11,13H,12H2,1-2H3,(H,21,24). The van der Waals surface area contributed by atoms with Crippen LogP contribution in [0.3, 0.4) is 0 Å². The molecule has 2 aromatic heterocycles. The summed E-state index contributed by atoms with van der Waals surface area (Å²) in [5, 5.41) is 7.13. The molecule has 0 atom stereocenters. The third-order valence-corrected chi connectivity index (χ3v) is 3.57. The van der Waals surface area contributed by atoms with Crippen molar-refractivity contribution in [3.63, 3.8) is 0 Å². The molecule has 0 aliphatic carbocycles. The number of anilines is 2. The lowest BCUT2D eigenvalue weighted by atomic mass is 10.2. The fraction of sp³-hybridized carbons (Fsp3) is 0.167. The van der Waals surface area contributed by atoms with Gasteiger partial charge in [-0.1, -0.05) is 12.1 Å². The number of nitrogens with one attached hydrogen (secondary N) is 1.